The quantitative estimate of drug-likeness (QED) is 0.426. The molecule has 0 saturated carbocycles. The van der Waals surface area contributed by atoms with E-state index in [4.69, 9.17) is 11.2 Å². The Kier molecular flexibility index (Phi) is 7.93. The Hall–Kier alpha value is -1.03. The molecule has 74 valence electrons. The van der Waals surface area contributed by atoms with Gasteiger partial charge >= 0.3 is 0 Å². The van der Waals surface area contributed by atoms with Crippen LogP contribution in [0.4, 0.5) is 0 Å². The molecule has 0 atom stereocenters. The Morgan fingerprint density at radius 3 is 2.79 bits per heavy atom. The minimum absolute atomic E-state index is 0.214. The summed E-state index contributed by atoms with van der Waals surface area (Å²) in [6, 6.07) is 0. The van der Waals surface area contributed by atoms with E-state index >= 15 is 0 Å². The van der Waals surface area contributed by atoms with Crippen LogP contribution in [0.15, 0.2) is 11.1 Å². The van der Waals surface area contributed by atoms with Crippen molar-refractivity contribution in [1.82, 2.24) is 0 Å². The van der Waals surface area contributed by atoms with Crippen molar-refractivity contribution in [2.45, 2.75) is 12.8 Å². The third-order valence-corrected chi connectivity index (χ3v) is 1.42. The van der Waals surface area contributed by atoms with E-state index in [1.807, 2.05) is 5.92 Å². The Morgan fingerprint density at radius 1 is 1.50 bits per heavy atom. The number of carbonyl (C=O) groups excluding carboxylic acids is 1. The van der Waals surface area contributed by atoms with E-state index < -0.39 is 0 Å². The van der Waals surface area contributed by atoms with Gasteiger partial charge in [0.1, 0.15) is 6.61 Å². The van der Waals surface area contributed by atoms with Gasteiger partial charge in [-0.15, -0.1) is 12.3 Å². The molecule has 0 amide bonds. The topological polar surface area (TPSA) is 26.3 Å². The molecule has 0 aliphatic carbocycles. The lowest BCUT2D eigenvalue weighted by Crippen LogP contribution is -1.93. The molecule has 0 rings (SSSR count). The molecule has 0 fully saturated rings. The van der Waals surface area contributed by atoms with Crippen LogP contribution in [0.5, 0.6) is 0 Å². The summed E-state index contributed by atoms with van der Waals surface area (Å²) < 4.78 is 5.86. The van der Waals surface area contributed by atoms with Crippen LogP contribution < -0.4 is 0 Å². The van der Waals surface area contributed by atoms with Crippen molar-refractivity contribution in [1.29, 1.82) is 0 Å². The van der Waals surface area contributed by atoms with E-state index in [9.17, 15) is 4.79 Å². The maximum atomic E-state index is 10.6. The van der Waals surface area contributed by atoms with Crippen LogP contribution in [0, 0.1) is 24.2 Å². The summed E-state index contributed by atoms with van der Waals surface area (Å²) >= 11 is 3.15. The molecular formula is C11H11BrO2. The summed E-state index contributed by atoms with van der Waals surface area (Å²) in [4.78, 5) is 10.6. The van der Waals surface area contributed by atoms with Gasteiger partial charge in [-0.05, 0) is 5.92 Å². The van der Waals surface area contributed by atoms with Crippen molar-refractivity contribution in [3.05, 3.63) is 11.1 Å². The monoisotopic (exact) mass is 254 g/mol. The SMILES string of the molecule is C#CC(=O)CCC#CCOCC(=C)Br. The molecule has 0 aromatic rings. The number of carbonyl (C=O) groups is 1. The first-order valence-electron chi connectivity index (χ1n) is 4.03. The number of hydrogen-bond donors (Lipinski definition) is 0. The molecule has 2 nitrogen and oxygen atoms in total. The third-order valence-electron chi connectivity index (χ3n) is 1.20. The van der Waals surface area contributed by atoms with Gasteiger partial charge in [0, 0.05) is 17.3 Å². The summed E-state index contributed by atoms with van der Waals surface area (Å²) in [6.07, 6.45) is 5.68. The van der Waals surface area contributed by atoms with Gasteiger partial charge in [0.05, 0.1) is 6.61 Å². The molecule has 0 bridgehead atoms. The number of Topliss-reactive ketones (excluding diaryl/α,β-unsaturated/α-hetero) is 1. The van der Waals surface area contributed by atoms with E-state index in [-0.39, 0.29) is 5.78 Å². The van der Waals surface area contributed by atoms with Crippen LogP contribution in [0.1, 0.15) is 12.8 Å². The molecule has 0 aliphatic rings. The first-order chi connectivity index (χ1) is 6.66. The van der Waals surface area contributed by atoms with Gasteiger partial charge in [-0.2, -0.15) is 0 Å². The minimum atomic E-state index is -0.214. The highest BCUT2D eigenvalue weighted by Crippen LogP contribution is 1.99. The Bertz CT molecular complexity index is 301. The number of rotatable bonds is 5. The van der Waals surface area contributed by atoms with Gasteiger partial charge in [-0.1, -0.05) is 28.4 Å². The maximum absolute atomic E-state index is 10.6. The molecule has 0 aromatic carbocycles. The molecule has 0 radical (unpaired) electrons. The van der Waals surface area contributed by atoms with Crippen molar-refractivity contribution in [3.8, 4) is 24.2 Å². The predicted molar refractivity (Wildman–Crippen MR) is 59.7 cm³/mol. The van der Waals surface area contributed by atoms with E-state index in [0.29, 0.717) is 26.1 Å². The second kappa shape index (κ2) is 8.56. The highest BCUT2D eigenvalue weighted by atomic mass is 79.9. The Labute approximate surface area is 92.8 Å². The molecule has 0 aromatic heterocycles. The Balaban J connectivity index is 3.41. The van der Waals surface area contributed by atoms with Crippen LogP contribution in [0.3, 0.4) is 0 Å². The van der Waals surface area contributed by atoms with Crippen molar-refractivity contribution >= 4 is 21.7 Å². The summed E-state index contributed by atoms with van der Waals surface area (Å²) in [5.41, 5.74) is 0. The standard InChI is InChI=1S/C11H11BrO2/c1-3-11(13)7-5-4-6-8-14-9-10(2)12/h1H,2,5,7-9H2. The smallest absolute Gasteiger partial charge is 0.206 e. The maximum Gasteiger partial charge on any atom is 0.206 e. The van der Waals surface area contributed by atoms with Gasteiger partial charge in [-0.25, -0.2) is 0 Å². The molecule has 0 spiro atoms. The van der Waals surface area contributed by atoms with Gasteiger partial charge in [0.2, 0.25) is 5.78 Å². The molecule has 0 heterocycles. The van der Waals surface area contributed by atoms with Gasteiger partial charge < -0.3 is 4.74 Å². The number of terminal acetylenes is 1. The van der Waals surface area contributed by atoms with E-state index in [0.717, 1.165) is 4.48 Å². The molecule has 0 saturated heterocycles. The molecule has 3 heteroatoms. The lowest BCUT2D eigenvalue weighted by molar-refractivity contribution is -0.113. The van der Waals surface area contributed by atoms with Crippen molar-refractivity contribution in [3.63, 3.8) is 0 Å². The molecule has 14 heavy (non-hydrogen) atoms. The fraction of sp³-hybridized carbons (Fsp3) is 0.364. The summed E-state index contributed by atoms with van der Waals surface area (Å²) in [5.74, 6) is 7.37. The summed E-state index contributed by atoms with van der Waals surface area (Å²) in [5, 5.41) is 0. The van der Waals surface area contributed by atoms with Crippen LogP contribution in [-0.4, -0.2) is 19.0 Å². The zero-order chi connectivity index (χ0) is 10.8. The fourth-order valence-electron chi connectivity index (χ4n) is 0.600. The van der Waals surface area contributed by atoms with Crippen LogP contribution in [0.2, 0.25) is 0 Å². The van der Waals surface area contributed by atoms with Gasteiger partial charge in [0.15, 0.2) is 0 Å². The molecular weight excluding hydrogens is 244 g/mol. The Morgan fingerprint density at radius 2 is 2.21 bits per heavy atom. The predicted octanol–water partition coefficient (Wildman–Crippen LogP) is 1.90. The van der Waals surface area contributed by atoms with Crippen LogP contribution in [-0.2, 0) is 9.53 Å². The zero-order valence-corrected chi connectivity index (χ0v) is 9.39. The largest absolute Gasteiger partial charge is 0.364 e. The fourth-order valence-corrected chi connectivity index (χ4v) is 0.762. The lowest BCUT2D eigenvalue weighted by Gasteiger charge is -1.94. The van der Waals surface area contributed by atoms with Crippen LogP contribution in [0.25, 0.3) is 0 Å². The summed E-state index contributed by atoms with van der Waals surface area (Å²) in [7, 11) is 0. The van der Waals surface area contributed by atoms with Gasteiger partial charge in [0.25, 0.3) is 0 Å². The first-order valence-corrected chi connectivity index (χ1v) is 4.82. The first kappa shape index (κ1) is 13.0. The molecule has 0 aliphatic heterocycles. The molecule has 0 N–H and O–H groups in total. The normalized spacial score (nSPS) is 8.29. The van der Waals surface area contributed by atoms with E-state index in [2.05, 4.69) is 34.3 Å². The van der Waals surface area contributed by atoms with E-state index in [1.165, 1.54) is 0 Å². The van der Waals surface area contributed by atoms with Crippen LogP contribution >= 0.6 is 15.9 Å². The zero-order valence-electron chi connectivity index (χ0n) is 7.81. The van der Waals surface area contributed by atoms with E-state index in [1.54, 1.807) is 0 Å². The number of hydrogen-bond acceptors (Lipinski definition) is 2. The lowest BCUT2D eigenvalue weighted by atomic mass is 10.2. The van der Waals surface area contributed by atoms with Gasteiger partial charge in [-0.3, -0.25) is 4.79 Å². The van der Waals surface area contributed by atoms with Crippen molar-refractivity contribution in [2.24, 2.45) is 0 Å². The highest BCUT2D eigenvalue weighted by molar-refractivity contribution is 9.11. The second-order valence-corrected chi connectivity index (χ2v) is 3.55. The average molecular weight is 255 g/mol. The number of ether oxygens (including phenoxy) is 1. The minimum Gasteiger partial charge on any atom is -0.364 e. The third kappa shape index (κ3) is 9.06. The number of ketones is 1. The highest BCUT2D eigenvalue weighted by Gasteiger charge is 1.91. The average Bonchev–Trinajstić information content (AvgIpc) is 2.15. The van der Waals surface area contributed by atoms with Crippen molar-refractivity contribution < 1.29 is 9.53 Å². The summed E-state index contributed by atoms with van der Waals surface area (Å²) in [6.45, 7) is 4.38. The second-order valence-electron chi connectivity index (χ2n) is 2.43. The van der Waals surface area contributed by atoms with Crippen molar-refractivity contribution in [2.75, 3.05) is 13.2 Å². The molecule has 0 unspecified atom stereocenters. The number of halogens is 1.